The van der Waals surface area contributed by atoms with Crippen LogP contribution in [-0.2, 0) is 6.54 Å². The summed E-state index contributed by atoms with van der Waals surface area (Å²) in [7, 11) is 0. The molecule has 3 rings (SSSR count). The lowest BCUT2D eigenvalue weighted by Crippen LogP contribution is -2.38. The van der Waals surface area contributed by atoms with Crippen LogP contribution >= 0.6 is 11.8 Å². The van der Waals surface area contributed by atoms with Gasteiger partial charge in [-0.25, -0.2) is 0 Å². The van der Waals surface area contributed by atoms with Gasteiger partial charge < -0.3 is 10.6 Å². The van der Waals surface area contributed by atoms with E-state index in [2.05, 4.69) is 53.0 Å². The van der Waals surface area contributed by atoms with Gasteiger partial charge >= 0.3 is 0 Å². The standard InChI is InChI=1S/C19H27N5S/c1-2-20-18(21-12-6-14-24-15-7-13-23-24)22-16-19(10-11-19)25-17-8-4-3-5-9-17/h3-5,7-9,13,15H,2,6,10-12,14,16H2,1H3,(H2,20,21,22). The highest BCUT2D eigenvalue weighted by Gasteiger charge is 2.43. The Hall–Kier alpha value is -1.95. The van der Waals surface area contributed by atoms with Crippen LogP contribution in [0.25, 0.3) is 0 Å². The van der Waals surface area contributed by atoms with Crippen LogP contribution in [0.5, 0.6) is 0 Å². The molecule has 0 radical (unpaired) electrons. The van der Waals surface area contributed by atoms with E-state index in [0.717, 1.165) is 38.6 Å². The van der Waals surface area contributed by atoms with E-state index in [9.17, 15) is 0 Å². The molecule has 1 aliphatic carbocycles. The molecule has 0 bridgehead atoms. The lowest BCUT2D eigenvalue weighted by Gasteiger charge is -2.15. The maximum Gasteiger partial charge on any atom is 0.191 e. The number of aryl methyl sites for hydroxylation is 1. The van der Waals surface area contributed by atoms with Gasteiger partial charge in [-0.2, -0.15) is 5.10 Å². The Morgan fingerprint density at radius 2 is 2.08 bits per heavy atom. The van der Waals surface area contributed by atoms with Crippen LogP contribution in [0.15, 0.2) is 58.7 Å². The number of thioether (sulfide) groups is 1. The molecule has 1 aromatic heterocycles. The first-order valence-corrected chi connectivity index (χ1v) is 9.85. The molecular formula is C19H27N5S. The van der Waals surface area contributed by atoms with Gasteiger partial charge in [-0.3, -0.25) is 9.67 Å². The van der Waals surface area contributed by atoms with Gasteiger partial charge in [-0.1, -0.05) is 18.2 Å². The number of hydrogen-bond donors (Lipinski definition) is 2. The summed E-state index contributed by atoms with van der Waals surface area (Å²) in [5, 5.41) is 11.0. The molecule has 1 saturated carbocycles. The zero-order valence-corrected chi connectivity index (χ0v) is 15.6. The maximum atomic E-state index is 4.83. The molecule has 1 aromatic carbocycles. The SMILES string of the molecule is CCNC(=NCC1(Sc2ccccc2)CC1)NCCCn1cccn1. The van der Waals surface area contributed by atoms with Gasteiger partial charge in [0, 0.05) is 41.7 Å². The van der Waals surface area contributed by atoms with E-state index >= 15 is 0 Å². The third-order valence-electron chi connectivity index (χ3n) is 4.17. The Balaban J connectivity index is 1.46. The normalized spacial score (nSPS) is 15.8. The highest BCUT2D eigenvalue weighted by Crippen LogP contribution is 2.51. The number of rotatable bonds is 9. The number of nitrogens with zero attached hydrogens (tertiary/aromatic N) is 3. The molecule has 5 nitrogen and oxygen atoms in total. The smallest absolute Gasteiger partial charge is 0.191 e. The quantitative estimate of drug-likeness (QED) is 0.411. The minimum atomic E-state index is 0.290. The molecule has 0 atom stereocenters. The Labute approximate surface area is 154 Å². The number of aromatic nitrogens is 2. The van der Waals surface area contributed by atoms with Gasteiger partial charge in [-0.15, -0.1) is 11.8 Å². The van der Waals surface area contributed by atoms with E-state index in [1.165, 1.54) is 17.7 Å². The van der Waals surface area contributed by atoms with E-state index in [1.807, 2.05) is 34.9 Å². The maximum absolute atomic E-state index is 4.83. The van der Waals surface area contributed by atoms with Crippen molar-refractivity contribution in [3.8, 4) is 0 Å². The van der Waals surface area contributed by atoms with Crippen molar-refractivity contribution in [1.29, 1.82) is 0 Å². The van der Waals surface area contributed by atoms with Crippen LogP contribution in [0, 0.1) is 0 Å². The van der Waals surface area contributed by atoms with Crippen molar-refractivity contribution in [2.45, 2.75) is 42.4 Å². The molecule has 0 aliphatic heterocycles. The molecule has 6 heteroatoms. The van der Waals surface area contributed by atoms with Gasteiger partial charge in [0.05, 0.1) is 6.54 Å². The van der Waals surface area contributed by atoms with Gasteiger partial charge in [0.2, 0.25) is 0 Å². The van der Waals surface area contributed by atoms with Crippen molar-refractivity contribution in [3.63, 3.8) is 0 Å². The van der Waals surface area contributed by atoms with Crippen LogP contribution in [-0.4, -0.2) is 40.1 Å². The predicted octanol–water partition coefficient (Wildman–Crippen LogP) is 3.15. The highest BCUT2D eigenvalue weighted by atomic mass is 32.2. The first-order valence-electron chi connectivity index (χ1n) is 9.03. The summed E-state index contributed by atoms with van der Waals surface area (Å²) in [6, 6.07) is 12.6. The number of nitrogens with one attached hydrogen (secondary N) is 2. The van der Waals surface area contributed by atoms with Crippen molar-refractivity contribution in [1.82, 2.24) is 20.4 Å². The predicted molar refractivity (Wildman–Crippen MR) is 105 cm³/mol. The fraction of sp³-hybridized carbons (Fsp3) is 0.474. The Morgan fingerprint density at radius 1 is 1.24 bits per heavy atom. The van der Waals surface area contributed by atoms with Crippen molar-refractivity contribution >= 4 is 17.7 Å². The van der Waals surface area contributed by atoms with Crippen LogP contribution in [0.3, 0.4) is 0 Å². The van der Waals surface area contributed by atoms with E-state index in [0.29, 0.717) is 4.75 Å². The van der Waals surface area contributed by atoms with Crippen LogP contribution < -0.4 is 10.6 Å². The molecule has 2 N–H and O–H groups in total. The van der Waals surface area contributed by atoms with Crippen molar-refractivity contribution in [2.75, 3.05) is 19.6 Å². The summed E-state index contributed by atoms with van der Waals surface area (Å²) in [5.74, 6) is 0.919. The summed E-state index contributed by atoms with van der Waals surface area (Å²) in [4.78, 5) is 6.17. The fourth-order valence-corrected chi connectivity index (χ4v) is 3.84. The van der Waals surface area contributed by atoms with Crippen LogP contribution in [0.4, 0.5) is 0 Å². The number of hydrogen-bond acceptors (Lipinski definition) is 3. The molecule has 0 unspecified atom stereocenters. The van der Waals surface area contributed by atoms with E-state index in [-0.39, 0.29) is 0 Å². The summed E-state index contributed by atoms with van der Waals surface area (Å²) < 4.78 is 2.25. The molecule has 1 heterocycles. The zero-order chi connectivity index (χ0) is 17.4. The van der Waals surface area contributed by atoms with E-state index in [4.69, 9.17) is 4.99 Å². The molecule has 0 amide bonds. The third-order valence-corrected chi connectivity index (χ3v) is 5.65. The minimum absolute atomic E-state index is 0.290. The van der Waals surface area contributed by atoms with Crippen LogP contribution in [0.1, 0.15) is 26.2 Å². The van der Waals surface area contributed by atoms with Gasteiger partial charge in [0.25, 0.3) is 0 Å². The first kappa shape index (κ1) is 17.9. The van der Waals surface area contributed by atoms with E-state index < -0.39 is 0 Å². The second-order valence-corrected chi connectivity index (χ2v) is 7.88. The highest BCUT2D eigenvalue weighted by molar-refractivity contribution is 8.01. The molecule has 134 valence electrons. The number of aliphatic imine (C=N–C) groups is 1. The van der Waals surface area contributed by atoms with Crippen molar-refractivity contribution in [2.24, 2.45) is 4.99 Å². The average Bonchev–Trinajstić information content (AvgIpc) is 3.18. The summed E-state index contributed by atoms with van der Waals surface area (Å²) in [6.07, 6.45) is 7.33. The number of guanidine groups is 1. The van der Waals surface area contributed by atoms with Crippen LogP contribution in [0.2, 0.25) is 0 Å². The summed E-state index contributed by atoms with van der Waals surface area (Å²) in [5.41, 5.74) is 0. The monoisotopic (exact) mass is 357 g/mol. The second-order valence-electron chi connectivity index (χ2n) is 6.34. The molecule has 1 aliphatic rings. The summed E-state index contributed by atoms with van der Waals surface area (Å²) >= 11 is 1.97. The first-order chi connectivity index (χ1) is 12.3. The summed E-state index contributed by atoms with van der Waals surface area (Å²) in [6.45, 7) is 5.66. The van der Waals surface area contributed by atoms with Gasteiger partial charge in [-0.05, 0) is 44.4 Å². The Kier molecular flexibility index (Phi) is 6.39. The van der Waals surface area contributed by atoms with Crippen molar-refractivity contribution in [3.05, 3.63) is 48.8 Å². The number of benzene rings is 1. The fourth-order valence-electron chi connectivity index (χ4n) is 2.62. The average molecular weight is 358 g/mol. The molecule has 0 spiro atoms. The Morgan fingerprint density at radius 3 is 2.76 bits per heavy atom. The molecule has 1 fully saturated rings. The largest absolute Gasteiger partial charge is 0.357 e. The van der Waals surface area contributed by atoms with Crippen molar-refractivity contribution < 1.29 is 0 Å². The molecular weight excluding hydrogens is 330 g/mol. The van der Waals surface area contributed by atoms with Gasteiger partial charge in [0.15, 0.2) is 5.96 Å². The minimum Gasteiger partial charge on any atom is -0.357 e. The topological polar surface area (TPSA) is 54.2 Å². The lowest BCUT2D eigenvalue weighted by molar-refractivity contribution is 0.570. The molecule has 0 saturated heterocycles. The zero-order valence-electron chi connectivity index (χ0n) is 14.8. The van der Waals surface area contributed by atoms with E-state index in [1.54, 1.807) is 0 Å². The second kappa shape index (κ2) is 8.94. The lowest BCUT2D eigenvalue weighted by atomic mass is 10.4. The Bertz CT molecular complexity index is 650. The van der Waals surface area contributed by atoms with Gasteiger partial charge in [0.1, 0.15) is 0 Å². The molecule has 2 aromatic rings. The third kappa shape index (κ3) is 5.81. The molecule has 25 heavy (non-hydrogen) atoms.